The number of amides is 1. The Morgan fingerprint density at radius 2 is 2.04 bits per heavy atom. The number of carbonyl (C=O) groups is 2. The molecule has 0 saturated heterocycles. The van der Waals surface area contributed by atoms with E-state index in [9.17, 15) is 14.4 Å². The lowest BCUT2D eigenvalue weighted by atomic mass is 10.2. The van der Waals surface area contributed by atoms with Gasteiger partial charge in [-0.2, -0.15) is 5.10 Å². The normalized spacial score (nSPS) is 15.8. The second-order valence-corrected chi connectivity index (χ2v) is 6.76. The molecule has 1 unspecified atom stereocenters. The minimum Gasteiger partial charge on any atom is -0.450 e. The molecule has 8 nitrogen and oxygen atoms in total. The van der Waals surface area contributed by atoms with Gasteiger partial charge in [-0.05, 0) is 26.3 Å². The Morgan fingerprint density at radius 3 is 2.71 bits per heavy atom. The molecule has 3 heterocycles. The lowest BCUT2D eigenvalue weighted by molar-refractivity contribution is -0.140. The number of H-pyrrole nitrogens is 1. The first-order valence-corrected chi connectivity index (χ1v) is 8.24. The van der Waals surface area contributed by atoms with Gasteiger partial charge in [-0.15, -0.1) is 11.3 Å². The highest BCUT2D eigenvalue weighted by atomic mass is 32.1. The largest absolute Gasteiger partial charge is 0.450 e. The molecule has 9 heteroatoms. The molecule has 1 aliphatic rings. The van der Waals surface area contributed by atoms with Crippen LogP contribution in [0.25, 0.3) is 10.2 Å². The van der Waals surface area contributed by atoms with Crippen molar-refractivity contribution in [3.8, 4) is 0 Å². The Labute approximate surface area is 140 Å². The molecular formula is C15H16N4O4S. The summed E-state index contributed by atoms with van der Waals surface area (Å²) in [5, 5.41) is 4.26. The maximum Gasteiger partial charge on any atom is 0.355 e. The van der Waals surface area contributed by atoms with Crippen molar-refractivity contribution in [1.29, 1.82) is 0 Å². The number of carbonyl (C=O) groups excluding carboxylic acids is 2. The molecule has 0 radical (unpaired) electrons. The zero-order chi connectivity index (χ0) is 17.4. The number of nitrogens with one attached hydrogen (secondary N) is 2. The number of hydrogen-bond donors (Lipinski definition) is 2. The van der Waals surface area contributed by atoms with Crippen LogP contribution in [0.4, 0.5) is 0 Å². The van der Waals surface area contributed by atoms with Crippen LogP contribution in [0.5, 0.6) is 0 Å². The summed E-state index contributed by atoms with van der Waals surface area (Å²) < 4.78 is 5.30. The van der Waals surface area contributed by atoms with Crippen molar-refractivity contribution in [2.75, 3.05) is 0 Å². The second-order valence-electron chi connectivity index (χ2n) is 5.56. The van der Waals surface area contributed by atoms with E-state index in [1.807, 2.05) is 13.8 Å². The van der Waals surface area contributed by atoms with E-state index >= 15 is 0 Å². The number of ether oxygens (including phenoxy) is 1. The summed E-state index contributed by atoms with van der Waals surface area (Å²) in [4.78, 5) is 44.1. The molecule has 1 aliphatic heterocycles. The Hall–Kier alpha value is -2.55. The predicted molar refractivity (Wildman–Crippen MR) is 89.0 cm³/mol. The Balaban J connectivity index is 1.84. The van der Waals surface area contributed by atoms with Crippen LogP contribution >= 0.6 is 11.3 Å². The Bertz CT molecular complexity index is 927. The summed E-state index contributed by atoms with van der Waals surface area (Å²) in [6, 6.07) is 0. The quantitative estimate of drug-likeness (QED) is 0.816. The number of esters is 1. The maximum absolute atomic E-state index is 12.3. The molecule has 2 N–H and O–H groups in total. The molecular weight excluding hydrogens is 332 g/mol. The van der Waals surface area contributed by atoms with Crippen LogP contribution in [0, 0.1) is 13.8 Å². The van der Waals surface area contributed by atoms with E-state index in [2.05, 4.69) is 20.5 Å². The predicted octanol–water partition coefficient (Wildman–Crippen LogP) is 1.47. The molecule has 0 aliphatic carbocycles. The summed E-state index contributed by atoms with van der Waals surface area (Å²) in [6.45, 7) is 5.43. The summed E-state index contributed by atoms with van der Waals surface area (Å²) in [5.41, 5.74) is 3.05. The van der Waals surface area contributed by atoms with Crippen molar-refractivity contribution in [2.24, 2.45) is 5.10 Å². The molecule has 0 saturated carbocycles. The number of nitrogens with zero attached hydrogens (tertiary/aromatic N) is 2. The fourth-order valence-electron chi connectivity index (χ4n) is 2.37. The van der Waals surface area contributed by atoms with E-state index in [-0.39, 0.29) is 35.8 Å². The number of hydrogen-bond acceptors (Lipinski definition) is 7. The Morgan fingerprint density at radius 1 is 1.29 bits per heavy atom. The first-order valence-electron chi connectivity index (χ1n) is 7.43. The third-order valence-electron chi connectivity index (χ3n) is 3.87. The molecule has 2 aromatic rings. The first kappa shape index (κ1) is 16.3. The SMILES string of the molecule is Cc1sc2nc(C(C)OC(=O)C3=NNC(=O)CC3)[nH]c(=O)c2c1C. The highest BCUT2D eigenvalue weighted by molar-refractivity contribution is 7.18. The van der Waals surface area contributed by atoms with Crippen LogP contribution in [0.1, 0.15) is 42.1 Å². The standard InChI is InChI=1S/C15H16N4O4S/c1-6-8(3)24-14-11(6)13(21)16-12(17-14)7(2)23-15(22)9-4-5-10(20)19-18-9/h7H,4-5H2,1-3H3,(H,19,20)(H,16,17,21). The topological polar surface area (TPSA) is 114 Å². The summed E-state index contributed by atoms with van der Waals surface area (Å²) in [6.07, 6.45) is -0.321. The van der Waals surface area contributed by atoms with Crippen LogP contribution in [0.15, 0.2) is 9.90 Å². The lowest BCUT2D eigenvalue weighted by Crippen LogP contribution is -2.31. The van der Waals surface area contributed by atoms with E-state index < -0.39 is 12.1 Å². The molecule has 126 valence electrons. The second kappa shape index (κ2) is 6.16. The molecule has 2 aromatic heterocycles. The van der Waals surface area contributed by atoms with Gasteiger partial charge in [-0.1, -0.05) is 0 Å². The molecule has 0 aromatic carbocycles. The summed E-state index contributed by atoms with van der Waals surface area (Å²) in [5.74, 6) is -0.592. The highest BCUT2D eigenvalue weighted by Gasteiger charge is 2.23. The van der Waals surface area contributed by atoms with Crippen LogP contribution < -0.4 is 11.0 Å². The van der Waals surface area contributed by atoms with Gasteiger partial charge in [-0.3, -0.25) is 9.59 Å². The lowest BCUT2D eigenvalue weighted by Gasteiger charge is -2.15. The van der Waals surface area contributed by atoms with E-state index in [0.29, 0.717) is 10.2 Å². The van der Waals surface area contributed by atoms with Gasteiger partial charge in [-0.25, -0.2) is 15.2 Å². The van der Waals surface area contributed by atoms with Crippen LogP contribution in [0.2, 0.25) is 0 Å². The highest BCUT2D eigenvalue weighted by Crippen LogP contribution is 2.27. The van der Waals surface area contributed by atoms with Crippen molar-refractivity contribution in [3.63, 3.8) is 0 Å². The number of rotatable bonds is 3. The minimum absolute atomic E-state index is 0.146. The van der Waals surface area contributed by atoms with Crippen LogP contribution in [0.3, 0.4) is 0 Å². The molecule has 0 fully saturated rings. The molecule has 24 heavy (non-hydrogen) atoms. The number of aryl methyl sites for hydroxylation is 2. The van der Waals surface area contributed by atoms with Gasteiger partial charge in [0.05, 0.1) is 5.39 Å². The number of aromatic amines is 1. The van der Waals surface area contributed by atoms with Gasteiger partial charge in [0, 0.05) is 17.7 Å². The summed E-state index contributed by atoms with van der Waals surface area (Å²) >= 11 is 1.43. The van der Waals surface area contributed by atoms with Gasteiger partial charge in [0.15, 0.2) is 11.9 Å². The van der Waals surface area contributed by atoms with Gasteiger partial charge < -0.3 is 9.72 Å². The smallest absolute Gasteiger partial charge is 0.355 e. The molecule has 0 spiro atoms. The minimum atomic E-state index is -0.738. The average molecular weight is 348 g/mol. The van der Waals surface area contributed by atoms with Crippen molar-refractivity contribution >= 4 is 39.1 Å². The molecule has 0 bridgehead atoms. The maximum atomic E-state index is 12.3. The van der Waals surface area contributed by atoms with Crippen LogP contribution in [-0.2, 0) is 14.3 Å². The van der Waals surface area contributed by atoms with Crippen molar-refractivity contribution in [2.45, 2.75) is 39.7 Å². The summed E-state index contributed by atoms with van der Waals surface area (Å²) in [7, 11) is 0. The third-order valence-corrected chi connectivity index (χ3v) is 4.97. The number of aromatic nitrogens is 2. The molecule has 3 rings (SSSR count). The third kappa shape index (κ3) is 2.94. The van der Waals surface area contributed by atoms with Crippen LogP contribution in [-0.4, -0.2) is 27.6 Å². The molecule has 1 amide bonds. The zero-order valence-electron chi connectivity index (χ0n) is 13.4. The van der Waals surface area contributed by atoms with E-state index in [0.717, 1.165) is 10.4 Å². The fraction of sp³-hybridized carbons (Fsp3) is 0.400. The van der Waals surface area contributed by atoms with E-state index in [1.165, 1.54) is 11.3 Å². The number of hydrazone groups is 1. The van der Waals surface area contributed by atoms with Crippen molar-refractivity contribution < 1.29 is 14.3 Å². The fourth-order valence-corrected chi connectivity index (χ4v) is 3.41. The number of thiophene rings is 1. The van der Waals surface area contributed by atoms with Gasteiger partial charge in [0.2, 0.25) is 5.91 Å². The van der Waals surface area contributed by atoms with E-state index in [4.69, 9.17) is 4.74 Å². The van der Waals surface area contributed by atoms with E-state index in [1.54, 1.807) is 6.92 Å². The van der Waals surface area contributed by atoms with Gasteiger partial charge in [0.1, 0.15) is 10.5 Å². The Kier molecular flexibility index (Phi) is 4.18. The molecule has 1 atom stereocenters. The van der Waals surface area contributed by atoms with Gasteiger partial charge >= 0.3 is 5.97 Å². The first-order chi connectivity index (χ1) is 11.4. The monoisotopic (exact) mass is 348 g/mol. The van der Waals surface area contributed by atoms with Gasteiger partial charge in [0.25, 0.3) is 5.56 Å². The van der Waals surface area contributed by atoms with Crippen molar-refractivity contribution in [3.05, 3.63) is 26.6 Å². The van der Waals surface area contributed by atoms with Crippen molar-refractivity contribution in [1.82, 2.24) is 15.4 Å². The zero-order valence-corrected chi connectivity index (χ0v) is 14.2. The average Bonchev–Trinajstić information content (AvgIpc) is 2.82. The number of fused-ring (bicyclic) bond motifs is 1.